The van der Waals surface area contributed by atoms with E-state index in [0.29, 0.717) is 11.1 Å². The molecule has 0 unspecified atom stereocenters. The van der Waals surface area contributed by atoms with Gasteiger partial charge in [-0.2, -0.15) is 0 Å². The SMILES string of the molecule is Cc1cccc(C(=O)NC(=S)Nc2ccc(C(=O)N3CCCCC3)cc2)c1. The summed E-state index contributed by atoms with van der Waals surface area (Å²) >= 11 is 5.21. The van der Waals surface area contributed by atoms with Crippen molar-refractivity contribution in [1.29, 1.82) is 0 Å². The van der Waals surface area contributed by atoms with Crippen molar-refractivity contribution in [2.75, 3.05) is 18.4 Å². The molecule has 0 saturated carbocycles. The number of piperidine rings is 1. The number of rotatable bonds is 3. The highest BCUT2D eigenvalue weighted by molar-refractivity contribution is 7.80. The Morgan fingerprint density at radius 2 is 1.67 bits per heavy atom. The third kappa shape index (κ3) is 5.14. The quantitative estimate of drug-likeness (QED) is 0.795. The molecule has 140 valence electrons. The van der Waals surface area contributed by atoms with E-state index in [0.717, 1.165) is 37.2 Å². The molecule has 1 fully saturated rings. The fraction of sp³-hybridized carbons (Fsp3) is 0.286. The second kappa shape index (κ2) is 8.77. The predicted molar refractivity (Wildman–Crippen MR) is 111 cm³/mol. The Kier molecular flexibility index (Phi) is 6.19. The lowest BCUT2D eigenvalue weighted by atomic mass is 10.1. The molecule has 2 N–H and O–H groups in total. The lowest BCUT2D eigenvalue weighted by Gasteiger charge is -2.26. The van der Waals surface area contributed by atoms with Crippen molar-refractivity contribution in [2.24, 2.45) is 0 Å². The van der Waals surface area contributed by atoms with Crippen molar-refractivity contribution in [2.45, 2.75) is 26.2 Å². The van der Waals surface area contributed by atoms with Crippen LogP contribution in [0.2, 0.25) is 0 Å². The van der Waals surface area contributed by atoms with Crippen LogP contribution in [0.3, 0.4) is 0 Å². The van der Waals surface area contributed by atoms with Crippen LogP contribution in [0.5, 0.6) is 0 Å². The van der Waals surface area contributed by atoms with E-state index < -0.39 is 0 Å². The first kappa shape index (κ1) is 19.0. The predicted octanol–water partition coefficient (Wildman–Crippen LogP) is 3.75. The van der Waals surface area contributed by atoms with Crippen LogP contribution >= 0.6 is 12.2 Å². The van der Waals surface area contributed by atoms with Crippen molar-refractivity contribution in [1.82, 2.24) is 10.2 Å². The van der Waals surface area contributed by atoms with Gasteiger partial charge in [-0.25, -0.2) is 0 Å². The van der Waals surface area contributed by atoms with E-state index in [2.05, 4.69) is 10.6 Å². The van der Waals surface area contributed by atoms with E-state index in [1.165, 1.54) is 6.42 Å². The van der Waals surface area contributed by atoms with E-state index in [9.17, 15) is 9.59 Å². The number of nitrogens with zero attached hydrogens (tertiary/aromatic N) is 1. The van der Waals surface area contributed by atoms with Gasteiger partial charge >= 0.3 is 0 Å². The monoisotopic (exact) mass is 381 g/mol. The van der Waals surface area contributed by atoms with Crippen LogP contribution in [0.25, 0.3) is 0 Å². The summed E-state index contributed by atoms with van der Waals surface area (Å²) in [5.74, 6) is -0.190. The first-order chi connectivity index (χ1) is 13.0. The number of thiocarbonyl (C=S) groups is 1. The largest absolute Gasteiger partial charge is 0.339 e. The maximum Gasteiger partial charge on any atom is 0.257 e. The molecule has 0 aliphatic carbocycles. The van der Waals surface area contributed by atoms with Gasteiger partial charge < -0.3 is 10.2 Å². The number of hydrogen-bond donors (Lipinski definition) is 2. The molecule has 6 heteroatoms. The molecule has 27 heavy (non-hydrogen) atoms. The zero-order valence-corrected chi connectivity index (χ0v) is 16.1. The standard InChI is InChI=1S/C21H23N3O2S/c1-15-6-5-7-17(14-15)19(25)23-21(27)22-18-10-8-16(9-11-18)20(26)24-12-3-2-4-13-24/h5-11,14H,2-4,12-13H2,1H3,(H2,22,23,25,27). The number of benzene rings is 2. The summed E-state index contributed by atoms with van der Waals surface area (Å²) in [4.78, 5) is 26.6. The summed E-state index contributed by atoms with van der Waals surface area (Å²) in [5.41, 5.74) is 2.95. The van der Waals surface area contributed by atoms with Crippen molar-refractivity contribution in [3.05, 3.63) is 65.2 Å². The zero-order chi connectivity index (χ0) is 19.2. The zero-order valence-electron chi connectivity index (χ0n) is 15.3. The van der Waals surface area contributed by atoms with Gasteiger partial charge in [0.25, 0.3) is 11.8 Å². The maximum absolute atomic E-state index is 12.5. The van der Waals surface area contributed by atoms with E-state index in [-0.39, 0.29) is 16.9 Å². The van der Waals surface area contributed by atoms with Gasteiger partial charge in [-0.3, -0.25) is 14.9 Å². The molecule has 2 amide bonds. The van der Waals surface area contributed by atoms with Crippen LogP contribution in [0.4, 0.5) is 5.69 Å². The van der Waals surface area contributed by atoms with Crippen molar-refractivity contribution in [3.63, 3.8) is 0 Å². The average molecular weight is 382 g/mol. The van der Waals surface area contributed by atoms with Gasteiger partial charge in [0.15, 0.2) is 5.11 Å². The summed E-state index contributed by atoms with van der Waals surface area (Å²) < 4.78 is 0. The molecule has 1 heterocycles. The van der Waals surface area contributed by atoms with Crippen LogP contribution in [0.1, 0.15) is 45.5 Å². The molecular formula is C21H23N3O2S. The molecule has 2 aromatic rings. The summed E-state index contributed by atoms with van der Waals surface area (Å²) in [6.07, 6.45) is 3.33. The van der Waals surface area contributed by atoms with Gasteiger partial charge in [0.1, 0.15) is 0 Å². The summed E-state index contributed by atoms with van der Waals surface area (Å²) in [6, 6.07) is 14.5. The fourth-order valence-electron chi connectivity index (χ4n) is 3.10. The topological polar surface area (TPSA) is 61.4 Å². The normalized spacial score (nSPS) is 13.7. The molecule has 0 aromatic heterocycles. The summed E-state index contributed by atoms with van der Waals surface area (Å²) in [7, 11) is 0. The second-order valence-electron chi connectivity index (χ2n) is 6.71. The third-order valence-electron chi connectivity index (χ3n) is 4.54. The lowest BCUT2D eigenvalue weighted by Crippen LogP contribution is -2.35. The number of amides is 2. The third-order valence-corrected chi connectivity index (χ3v) is 4.74. The Hall–Kier alpha value is -2.73. The highest BCUT2D eigenvalue weighted by Gasteiger charge is 2.18. The van der Waals surface area contributed by atoms with Gasteiger partial charge in [0.05, 0.1) is 0 Å². The lowest BCUT2D eigenvalue weighted by molar-refractivity contribution is 0.0724. The minimum Gasteiger partial charge on any atom is -0.339 e. The molecule has 3 rings (SSSR count). The molecular weight excluding hydrogens is 358 g/mol. The van der Waals surface area contributed by atoms with Gasteiger partial charge in [0, 0.05) is 29.9 Å². The maximum atomic E-state index is 12.5. The molecule has 1 aliphatic heterocycles. The minimum absolute atomic E-state index is 0.0663. The molecule has 0 spiro atoms. The number of carbonyl (C=O) groups is 2. The van der Waals surface area contributed by atoms with Crippen LogP contribution in [-0.2, 0) is 0 Å². The van der Waals surface area contributed by atoms with Crippen LogP contribution in [0, 0.1) is 6.92 Å². The summed E-state index contributed by atoms with van der Waals surface area (Å²) in [6.45, 7) is 3.59. The Balaban J connectivity index is 1.56. The van der Waals surface area contributed by atoms with E-state index >= 15 is 0 Å². The minimum atomic E-state index is -0.256. The van der Waals surface area contributed by atoms with Crippen LogP contribution in [0.15, 0.2) is 48.5 Å². The number of anilines is 1. The van der Waals surface area contributed by atoms with E-state index in [4.69, 9.17) is 12.2 Å². The smallest absolute Gasteiger partial charge is 0.257 e. The van der Waals surface area contributed by atoms with Gasteiger partial charge in [-0.15, -0.1) is 0 Å². The Morgan fingerprint density at radius 3 is 2.33 bits per heavy atom. The van der Waals surface area contributed by atoms with E-state index in [1.807, 2.05) is 24.0 Å². The summed E-state index contributed by atoms with van der Waals surface area (Å²) in [5, 5.41) is 5.86. The number of nitrogens with one attached hydrogen (secondary N) is 2. The number of hydrogen-bond acceptors (Lipinski definition) is 3. The second-order valence-corrected chi connectivity index (χ2v) is 7.12. The molecule has 5 nitrogen and oxygen atoms in total. The number of aryl methyl sites for hydroxylation is 1. The molecule has 0 atom stereocenters. The van der Waals surface area contributed by atoms with E-state index in [1.54, 1.807) is 36.4 Å². The van der Waals surface area contributed by atoms with Crippen LogP contribution < -0.4 is 10.6 Å². The number of carbonyl (C=O) groups excluding carboxylic acids is 2. The molecule has 2 aromatic carbocycles. The van der Waals surface area contributed by atoms with Gasteiger partial charge in [-0.05, 0) is 74.8 Å². The fourth-order valence-corrected chi connectivity index (χ4v) is 3.31. The highest BCUT2D eigenvalue weighted by atomic mass is 32.1. The molecule has 0 radical (unpaired) electrons. The Morgan fingerprint density at radius 1 is 0.963 bits per heavy atom. The number of likely N-dealkylation sites (tertiary alicyclic amines) is 1. The molecule has 1 saturated heterocycles. The molecule has 0 bridgehead atoms. The molecule has 1 aliphatic rings. The van der Waals surface area contributed by atoms with Gasteiger partial charge in [0.2, 0.25) is 0 Å². The van der Waals surface area contributed by atoms with Gasteiger partial charge in [-0.1, -0.05) is 17.7 Å². The Bertz CT molecular complexity index is 843. The van der Waals surface area contributed by atoms with Crippen molar-refractivity contribution >= 4 is 34.8 Å². The van der Waals surface area contributed by atoms with Crippen molar-refractivity contribution < 1.29 is 9.59 Å². The first-order valence-corrected chi connectivity index (χ1v) is 9.52. The Labute approximate surface area is 164 Å². The highest BCUT2D eigenvalue weighted by Crippen LogP contribution is 2.15. The van der Waals surface area contributed by atoms with Crippen LogP contribution in [-0.4, -0.2) is 34.9 Å². The van der Waals surface area contributed by atoms with Crippen molar-refractivity contribution in [3.8, 4) is 0 Å². The first-order valence-electron chi connectivity index (χ1n) is 9.11. The average Bonchev–Trinajstić information content (AvgIpc) is 2.68.